The van der Waals surface area contributed by atoms with Gasteiger partial charge in [-0.05, 0) is 33.6 Å². The molecule has 0 aliphatic heterocycles. The molecule has 0 N–H and O–H groups in total. The summed E-state index contributed by atoms with van der Waals surface area (Å²) in [6.45, 7) is 5.64. The van der Waals surface area contributed by atoms with Gasteiger partial charge in [-0.3, -0.25) is 0 Å². The van der Waals surface area contributed by atoms with Gasteiger partial charge < -0.3 is 0 Å². The van der Waals surface area contributed by atoms with E-state index in [0.717, 1.165) is 12.8 Å². The molecule has 0 amide bonds. The van der Waals surface area contributed by atoms with E-state index < -0.39 is 6.17 Å². The predicted octanol–water partition coefficient (Wildman–Crippen LogP) is 3.23. The molecule has 0 saturated heterocycles. The zero-order valence-electron chi connectivity index (χ0n) is 8.47. The molecule has 0 bridgehead atoms. The molecule has 0 spiro atoms. The van der Waals surface area contributed by atoms with Gasteiger partial charge in [0.05, 0.1) is 12.0 Å². The molecular weight excluding hydrogens is 165 g/mol. The SMILES string of the molecule is CC1=C(C)C[C@@H](C#N)[C@H]([C@@H](C)F)C1. The number of alkyl halides is 1. The molecule has 0 aromatic rings. The number of nitriles is 1. The Bertz CT molecular complexity index is 260. The van der Waals surface area contributed by atoms with E-state index >= 15 is 0 Å². The maximum Gasteiger partial charge on any atom is 0.102 e. The summed E-state index contributed by atoms with van der Waals surface area (Å²) in [5, 5.41) is 8.88. The molecule has 1 aliphatic rings. The van der Waals surface area contributed by atoms with Gasteiger partial charge in [-0.15, -0.1) is 0 Å². The third-order valence-electron chi connectivity index (χ3n) is 3.07. The quantitative estimate of drug-likeness (QED) is 0.570. The first-order valence-corrected chi connectivity index (χ1v) is 4.75. The fourth-order valence-electron chi connectivity index (χ4n) is 1.95. The van der Waals surface area contributed by atoms with E-state index in [2.05, 4.69) is 6.07 Å². The molecule has 1 nitrogen and oxygen atoms in total. The van der Waals surface area contributed by atoms with Crippen molar-refractivity contribution in [1.29, 1.82) is 5.26 Å². The second-order valence-electron chi connectivity index (χ2n) is 4.05. The highest BCUT2D eigenvalue weighted by Gasteiger charge is 2.31. The first-order chi connectivity index (χ1) is 6.06. The van der Waals surface area contributed by atoms with E-state index in [1.54, 1.807) is 6.92 Å². The minimum absolute atomic E-state index is 0.0892. The Hall–Kier alpha value is -0.840. The third-order valence-corrected chi connectivity index (χ3v) is 3.07. The molecule has 0 radical (unpaired) electrons. The lowest BCUT2D eigenvalue weighted by Gasteiger charge is -2.29. The van der Waals surface area contributed by atoms with E-state index in [1.165, 1.54) is 11.1 Å². The molecule has 13 heavy (non-hydrogen) atoms. The number of allylic oxidation sites excluding steroid dienone is 2. The average Bonchev–Trinajstić information content (AvgIpc) is 2.08. The number of hydrogen-bond acceptors (Lipinski definition) is 1. The molecule has 0 aromatic heterocycles. The van der Waals surface area contributed by atoms with Crippen molar-refractivity contribution in [3.8, 4) is 6.07 Å². The summed E-state index contributed by atoms with van der Waals surface area (Å²) in [6.07, 6.45) is 0.635. The highest BCUT2D eigenvalue weighted by Crippen LogP contribution is 2.36. The van der Waals surface area contributed by atoms with Crippen molar-refractivity contribution >= 4 is 0 Å². The zero-order chi connectivity index (χ0) is 10.0. The minimum Gasteiger partial charge on any atom is -0.247 e. The van der Waals surface area contributed by atoms with Crippen LogP contribution in [0.5, 0.6) is 0 Å². The highest BCUT2D eigenvalue weighted by molar-refractivity contribution is 5.18. The Morgan fingerprint density at radius 3 is 2.38 bits per heavy atom. The van der Waals surface area contributed by atoms with Gasteiger partial charge in [0.1, 0.15) is 6.17 Å². The lowest BCUT2D eigenvalue weighted by atomic mass is 9.75. The highest BCUT2D eigenvalue weighted by atomic mass is 19.1. The monoisotopic (exact) mass is 181 g/mol. The summed E-state index contributed by atoms with van der Waals surface area (Å²) < 4.78 is 13.2. The van der Waals surface area contributed by atoms with Crippen molar-refractivity contribution < 1.29 is 4.39 Å². The Kier molecular flexibility index (Phi) is 3.08. The second-order valence-corrected chi connectivity index (χ2v) is 4.05. The topological polar surface area (TPSA) is 23.8 Å². The van der Waals surface area contributed by atoms with Crippen LogP contribution in [-0.4, -0.2) is 6.17 Å². The van der Waals surface area contributed by atoms with Crippen molar-refractivity contribution in [1.82, 2.24) is 0 Å². The van der Waals surface area contributed by atoms with Crippen LogP contribution in [0.1, 0.15) is 33.6 Å². The van der Waals surface area contributed by atoms with Gasteiger partial charge in [0.25, 0.3) is 0 Å². The van der Waals surface area contributed by atoms with Crippen LogP contribution in [0.3, 0.4) is 0 Å². The summed E-state index contributed by atoms with van der Waals surface area (Å²) in [4.78, 5) is 0. The third kappa shape index (κ3) is 2.09. The minimum atomic E-state index is -0.868. The van der Waals surface area contributed by atoms with E-state index in [0.29, 0.717) is 0 Å². The molecule has 0 unspecified atom stereocenters. The van der Waals surface area contributed by atoms with E-state index in [4.69, 9.17) is 5.26 Å². The van der Waals surface area contributed by atoms with E-state index in [-0.39, 0.29) is 11.8 Å². The second kappa shape index (κ2) is 3.91. The summed E-state index contributed by atoms with van der Waals surface area (Å²) in [7, 11) is 0. The van der Waals surface area contributed by atoms with Gasteiger partial charge in [0.2, 0.25) is 0 Å². The normalized spacial score (nSPS) is 31.3. The van der Waals surface area contributed by atoms with Crippen LogP contribution >= 0.6 is 0 Å². The van der Waals surface area contributed by atoms with Gasteiger partial charge >= 0.3 is 0 Å². The Labute approximate surface area is 79.3 Å². The molecule has 0 aromatic carbocycles. The van der Waals surface area contributed by atoms with Gasteiger partial charge in [0, 0.05) is 5.92 Å². The summed E-state index contributed by atoms with van der Waals surface area (Å²) in [5.41, 5.74) is 2.53. The van der Waals surface area contributed by atoms with Crippen LogP contribution in [0.4, 0.5) is 4.39 Å². The summed E-state index contributed by atoms with van der Waals surface area (Å²) in [6, 6.07) is 2.21. The molecule has 0 heterocycles. The number of hydrogen-bond donors (Lipinski definition) is 0. The standard InChI is InChI=1S/C11H16FN/c1-7-4-10(6-13)11(9(3)12)5-8(7)2/h9-11H,4-5H2,1-3H3/t9-,10+,11+/m1/s1. The molecule has 0 fully saturated rings. The van der Waals surface area contributed by atoms with Crippen LogP contribution < -0.4 is 0 Å². The van der Waals surface area contributed by atoms with Gasteiger partial charge in [0.15, 0.2) is 0 Å². The van der Waals surface area contributed by atoms with Crippen molar-refractivity contribution in [2.24, 2.45) is 11.8 Å². The van der Waals surface area contributed by atoms with Gasteiger partial charge in [-0.2, -0.15) is 5.26 Å². The van der Waals surface area contributed by atoms with Crippen molar-refractivity contribution in [2.45, 2.75) is 39.8 Å². The Morgan fingerprint density at radius 2 is 1.92 bits per heavy atom. The molecule has 1 aliphatic carbocycles. The smallest absolute Gasteiger partial charge is 0.102 e. The summed E-state index contributed by atoms with van der Waals surface area (Å²) >= 11 is 0. The maximum atomic E-state index is 13.2. The Balaban J connectivity index is 2.83. The van der Waals surface area contributed by atoms with Gasteiger partial charge in [-0.1, -0.05) is 11.1 Å². The lowest BCUT2D eigenvalue weighted by molar-refractivity contribution is 0.195. The van der Waals surface area contributed by atoms with Crippen LogP contribution in [0, 0.1) is 23.2 Å². The van der Waals surface area contributed by atoms with Crippen molar-refractivity contribution in [3.05, 3.63) is 11.1 Å². The van der Waals surface area contributed by atoms with Crippen LogP contribution in [-0.2, 0) is 0 Å². The van der Waals surface area contributed by atoms with Crippen molar-refractivity contribution in [2.75, 3.05) is 0 Å². The summed E-state index contributed by atoms with van der Waals surface area (Å²) in [5.74, 6) is -0.211. The molecule has 72 valence electrons. The van der Waals surface area contributed by atoms with Crippen LogP contribution in [0.2, 0.25) is 0 Å². The first-order valence-electron chi connectivity index (χ1n) is 4.75. The first kappa shape index (κ1) is 10.2. The average molecular weight is 181 g/mol. The molecular formula is C11H16FN. The fourth-order valence-corrected chi connectivity index (χ4v) is 1.95. The van der Waals surface area contributed by atoms with Crippen LogP contribution in [0.25, 0.3) is 0 Å². The molecule has 2 heteroatoms. The van der Waals surface area contributed by atoms with E-state index in [1.807, 2.05) is 13.8 Å². The number of nitrogens with zero attached hydrogens (tertiary/aromatic N) is 1. The number of rotatable bonds is 1. The lowest BCUT2D eigenvalue weighted by Crippen LogP contribution is -2.26. The molecule has 3 atom stereocenters. The molecule has 0 saturated carbocycles. The van der Waals surface area contributed by atoms with Crippen LogP contribution in [0.15, 0.2) is 11.1 Å². The van der Waals surface area contributed by atoms with E-state index in [9.17, 15) is 4.39 Å². The zero-order valence-corrected chi connectivity index (χ0v) is 8.47. The predicted molar refractivity (Wildman–Crippen MR) is 50.8 cm³/mol. The van der Waals surface area contributed by atoms with Crippen molar-refractivity contribution in [3.63, 3.8) is 0 Å². The maximum absolute atomic E-state index is 13.2. The number of halogens is 1. The molecule has 1 rings (SSSR count). The fraction of sp³-hybridized carbons (Fsp3) is 0.727. The Morgan fingerprint density at radius 1 is 1.38 bits per heavy atom. The van der Waals surface area contributed by atoms with Gasteiger partial charge in [-0.25, -0.2) is 4.39 Å². The largest absolute Gasteiger partial charge is 0.247 e.